The molecule has 1 rings (SSSR count). The first-order valence-electron chi connectivity index (χ1n) is 13.2. The zero-order valence-electron chi connectivity index (χ0n) is 23.7. The van der Waals surface area contributed by atoms with E-state index < -0.39 is 54.6 Å². The van der Waals surface area contributed by atoms with Crippen LogP contribution in [0.4, 0.5) is 0 Å². The van der Waals surface area contributed by atoms with E-state index in [1.807, 2.05) is 6.92 Å². The van der Waals surface area contributed by atoms with E-state index in [2.05, 4.69) is 10.1 Å². The molecule has 0 amide bonds. The van der Waals surface area contributed by atoms with Gasteiger partial charge >= 0.3 is 29.8 Å². The molecule has 39 heavy (non-hydrogen) atoms. The Kier molecular flexibility index (Phi) is 16.3. The highest BCUT2D eigenvalue weighted by molar-refractivity contribution is 5.69. The molecule has 1 aliphatic rings. The number of carbonyl (C=O) groups is 5. The molecule has 0 aliphatic carbocycles. The Labute approximate surface area is 229 Å². The minimum absolute atomic E-state index is 0.150. The fourth-order valence-electron chi connectivity index (χ4n) is 4.08. The predicted octanol–water partition coefficient (Wildman–Crippen LogP) is 1.58. The number of unbranched alkanes of at least 4 members (excludes halogenated alkanes) is 3. The van der Waals surface area contributed by atoms with Crippen molar-refractivity contribution in [3.8, 4) is 0 Å². The smallest absolute Gasteiger partial charge is 0.305 e. The van der Waals surface area contributed by atoms with Crippen LogP contribution in [-0.2, 0) is 57.1 Å². The molecule has 13 nitrogen and oxygen atoms in total. The van der Waals surface area contributed by atoms with Crippen molar-refractivity contribution in [1.29, 1.82) is 0 Å². The molecule has 0 aromatic carbocycles. The zero-order valence-corrected chi connectivity index (χ0v) is 23.7. The maximum atomic E-state index is 11.9. The number of carbonyl (C=O) groups excluding carboxylic acids is 5. The summed E-state index contributed by atoms with van der Waals surface area (Å²) < 4.78 is 37.5. The van der Waals surface area contributed by atoms with E-state index in [0.717, 1.165) is 46.0 Å². The second-order valence-electron chi connectivity index (χ2n) is 9.32. The topological polar surface area (TPSA) is 162 Å². The van der Waals surface area contributed by atoms with Gasteiger partial charge in [-0.05, 0) is 19.8 Å². The number of hydrogen-bond acceptors (Lipinski definition) is 13. The van der Waals surface area contributed by atoms with E-state index in [9.17, 15) is 24.0 Å². The van der Waals surface area contributed by atoms with Crippen molar-refractivity contribution < 1.29 is 57.1 Å². The summed E-state index contributed by atoms with van der Waals surface area (Å²) in [5.74, 6) is -2.88. The second kappa shape index (κ2) is 18.5. The summed E-state index contributed by atoms with van der Waals surface area (Å²) in [5, 5.41) is 3.34. The van der Waals surface area contributed by atoms with Gasteiger partial charge in [0.2, 0.25) is 0 Å². The van der Waals surface area contributed by atoms with Crippen molar-refractivity contribution in [2.24, 2.45) is 0 Å². The lowest BCUT2D eigenvalue weighted by Crippen LogP contribution is -2.63. The summed E-state index contributed by atoms with van der Waals surface area (Å²) >= 11 is 0. The molecule has 1 unspecified atom stereocenters. The molecule has 0 bridgehead atoms. The van der Waals surface area contributed by atoms with Crippen LogP contribution in [0.5, 0.6) is 0 Å². The first-order valence-corrected chi connectivity index (χ1v) is 13.2. The Morgan fingerprint density at radius 3 is 1.97 bits per heavy atom. The van der Waals surface area contributed by atoms with E-state index in [1.54, 1.807) is 0 Å². The SMILES string of the molecule is COC(=O)CCCCCCC(C)NCCO[C@@H]1O[C@H](COC(C)=O)[C@H](OC(C)=O)[C@H](OC(C)=O)[C@H]1OC(C)=O. The third-order valence-electron chi connectivity index (χ3n) is 5.82. The summed E-state index contributed by atoms with van der Waals surface area (Å²) in [6.07, 6.45) is -0.861. The number of hydrogen-bond donors (Lipinski definition) is 1. The molecule has 1 saturated heterocycles. The van der Waals surface area contributed by atoms with Crippen LogP contribution in [0.1, 0.15) is 73.1 Å². The third kappa shape index (κ3) is 14.3. The van der Waals surface area contributed by atoms with Gasteiger partial charge in [0.25, 0.3) is 0 Å². The van der Waals surface area contributed by atoms with Gasteiger partial charge in [-0.2, -0.15) is 0 Å². The van der Waals surface area contributed by atoms with Gasteiger partial charge in [-0.15, -0.1) is 0 Å². The number of rotatable bonds is 17. The van der Waals surface area contributed by atoms with Crippen molar-refractivity contribution >= 4 is 29.8 Å². The van der Waals surface area contributed by atoms with E-state index in [1.165, 1.54) is 21.0 Å². The maximum absolute atomic E-state index is 11.9. The highest BCUT2D eigenvalue weighted by Gasteiger charge is 2.52. The fourth-order valence-corrected chi connectivity index (χ4v) is 4.08. The molecule has 0 radical (unpaired) electrons. The maximum Gasteiger partial charge on any atom is 0.305 e. The summed E-state index contributed by atoms with van der Waals surface area (Å²) in [5.41, 5.74) is 0. The van der Waals surface area contributed by atoms with Crippen LogP contribution in [0.2, 0.25) is 0 Å². The van der Waals surface area contributed by atoms with Crippen LogP contribution in [0, 0.1) is 0 Å². The molecule has 1 heterocycles. The normalized spacial score (nSPS) is 23.3. The Balaban J connectivity index is 2.75. The average molecular weight is 562 g/mol. The van der Waals surface area contributed by atoms with Gasteiger partial charge in [-0.25, -0.2) is 0 Å². The molecule has 0 aromatic rings. The van der Waals surface area contributed by atoms with Gasteiger partial charge in [0.15, 0.2) is 24.6 Å². The molecular weight excluding hydrogens is 518 g/mol. The van der Waals surface area contributed by atoms with Gasteiger partial charge in [0.05, 0.1) is 13.7 Å². The average Bonchev–Trinajstić information content (AvgIpc) is 2.84. The highest BCUT2D eigenvalue weighted by atomic mass is 16.7. The van der Waals surface area contributed by atoms with E-state index in [-0.39, 0.29) is 25.2 Å². The van der Waals surface area contributed by atoms with Gasteiger partial charge < -0.3 is 38.5 Å². The van der Waals surface area contributed by atoms with Gasteiger partial charge in [0.1, 0.15) is 12.7 Å². The first kappa shape index (κ1) is 34.3. The fraction of sp³-hybridized carbons (Fsp3) is 0.808. The largest absolute Gasteiger partial charge is 0.469 e. The van der Waals surface area contributed by atoms with Crippen molar-refractivity contribution in [3.05, 3.63) is 0 Å². The molecule has 224 valence electrons. The standard InChI is InChI=1S/C26H43NO12/c1-16(11-9-7-8-10-12-22(32)33-6)27-13-14-34-26-25(38-20(5)31)24(37-19(4)30)23(36-18(3)29)21(39-26)15-35-17(2)28/h16,21,23-27H,7-15H2,1-6H3/t16?,21-,23+,24+,25-,26-/m1/s1. The van der Waals surface area contributed by atoms with Crippen LogP contribution in [0.25, 0.3) is 0 Å². The zero-order chi connectivity index (χ0) is 29.4. The molecule has 0 saturated carbocycles. The summed E-state index contributed by atoms with van der Waals surface area (Å²) in [7, 11) is 1.38. The predicted molar refractivity (Wildman–Crippen MR) is 135 cm³/mol. The minimum Gasteiger partial charge on any atom is -0.469 e. The molecule has 6 atom stereocenters. The lowest BCUT2D eigenvalue weighted by atomic mass is 9.98. The Morgan fingerprint density at radius 2 is 1.38 bits per heavy atom. The van der Waals surface area contributed by atoms with Gasteiger partial charge in [-0.1, -0.05) is 19.3 Å². The monoisotopic (exact) mass is 561 g/mol. The number of esters is 5. The molecule has 1 N–H and O–H groups in total. The first-order chi connectivity index (χ1) is 18.4. The Bertz CT molecular complexity index is 804. The molecular formula is C26H43NO12. The van der Waals surface area contributed by atoms with Crippen LogP contribution in [0.3, 0.4) is 0 Å². The summed E-state index contributed by atoms with van der Waals surface area (Å²) in [6, 6.07) is 0.199. The molecule has 1 fully saturated rings. The van der Waals surface area contributed by atoms with Crippen LogP contribution in [-0.4, -0.2) is 93.5 Å². The number of nitrogens with one attached hydrogen (secondary N) is 1. The van der Waals surface area contributed by atoms with Gasteiger partial charge in [0, 0.05) is 46.7 Å². The van der Waals surface area contributed by atoms with Crippen LogP contribution < -0.4 is 5.32 Å². The van der Waals surface area contributed by atoms with Crippen molar-refractivity contribution in [1.82, 2.24) is 5.32 Å². The molecule has 1 aliphatic heterocycles. The van der Waals surface area contributed by atoms with Crippen molar-refractivity contribution in [2.45, 2.75) is 110 Å². The van der Waals surface area contributed by atoms with E-state index in [4.69, 9.17) is 28.4 Å². The van der Waals surface area contributed by atoms with Crippen molar-refractivity contribution in [2.75, 3.05) is 26.9 Å². The van der Waals surface area contributed by atoms with Gasteiger partial charge in [-0.3, -0.25) is 24.0 Å². The Morgan fingerprint density at radius 1 is 0.795 bits per heavy atom. The van der Waals surface area contributed by atoms with E-state index >= 15 is 0 Å². The highest BCUT2D eigenvalue weighted by Crippen LogP contribution is 2.30. The number of methoxy groups -OCH3 is 1. The quantitative estimate of drug-likeness (QED) is 0.155. The lowest BCUT2D eigenvalue weighted by molar-refractivity contribution is -0.307. The minimum atomic E-state index is -1.26. The van der Waals surface area contributed by atoms with Crippen LogP contribution in [0.15, 0.2) is 0 Å². The van der Waals surface area contributed by atoms with Crippen molar-refractivity contribution in [3.63, 3.8) is 0 Å². The van der Waals surface area contributed by atoms with E-state index in [0.29, 0.717) is 13.0 Å². The molecule has 0 aromatic heterocycles. The van der Waals surface area contributed by atoms with Crippen LogP contribution >= 0.6 is 0 Å². The summed E-state index contributed by atoms with van der Waals surface area (Å²) in [6.45, 7) is 7.02. The lowest BCUT2D eigenvalue weighted by Gasteiger charge is -2.44. The number of ether oxygens (including phenoxy) is 7. The second-order valence-corrected chi connectivity index (χ2v) is 9.32. The molecule has 0 spiro atoms. The molecule has 13 heteroatoms. The third-order valence-corrected chi connectivity index (χ3v) is 5.82. The Hall–Kier alpha value is -2.77. The summed E-state index contributed by atoms with van der Waals surface area (Å²) in [4.78, 5) is 58.1.